The van der Waals surface area contributed by atoms with Crippen molar-refractivity contribution in [3.63, 3.8) is 0 Å². The molecule has 3 heteroatoms. The smallest absolute Gasteiger partial charge is 0.194 e. The third-order valence-electron chi connectivity index (χ3n) is 7.56. The Labute approximate surface area is 188 Å². The van der Waals surface area contributed by atoms with Gasteiger partial charge in [-0.15, -0.1) is 0 Å². The Bertz CT molecular complexity index is 933. The molecular formula is C28H37N3. The number of aryl methyl sites for hydroxylation is 4. The number of benzene rings is 2. The third-order valence-corrected chi connectivity index (χ3v) is 7.56. The Morgan fingerprint density at radius 1 is 0.871 bits per heavy atom. The minimum Gasteiger partial charge on any atom is -0.353 e. The zero-order valence-corrected chi connectivity index (χ0v) is 19.2. The first kappa shape index (κ1) is 20.6. The van der Waals surface area contributed by atoms with Crippen LogP contribution in [-0.2, 0) is 12.8 Å². The predicted molar refractivity (Wildman–Crippen MR) is 130 cm³/mol. The van der Waals surface area contributed by atoms with Gasteiger partial charge in [-0.05, 0) is 82.8 Å². The molecule has 2 aromatic carbocycles. The van der Waals surface area contributed by atoms with Crippen molar-refractivity contribution in [1.82, 2.24) is 10.2 Å². The highest BCUT2D eigenvalue weighted by Crippen LogP contribution is 2.35. The topological polar surface area (TPSA) is 27.6 Å². The fraction of sp³-hybridized carbons (Fsp3) is 0.536. The second-order valence-electron chi connectivity index (χ2n) is 10.1. The Balaban J connectivity index is 1.26. The summed E-state index contributed by atoms with van der Waals surface area (Å²) in [6.07, 6.45) is 11.2. The summed E-state index contributed by atoms with van der Waals surface area (Å²) in [5.74, 6) is 1.22. The van der Waals surface area contributed by atoms with E-state index in [1.807, 2.05) is 0 Å². The second kappa shape index (κ2) is 9.06. The summed E-state index contributed by atoms with van der Waals surface area (Å²) in [5, 5.41) is 3.88. The molecule has 0 unspecified atom stereocenters. The SMILES string of the molecule is Cc1cccc(CC[C@H]2C[C@H]3CCC[C@H]4C[C@@H](CCc5cccc(C)c5)NC(=N2)N34)c1. The lowest BCUT2D eigenvalue weighted by Gasteiger charge is -2.52. The molecule has 5 rings (SSSR count). The van der Waals surface area contributed by atoms with Crippen LogP contribution in [0.2, 0.25) is 0 Å². The van der Waals surface area contributed by atoms with Crippen molar-refractivity contribution < 1.29 is 0 Å². The molecule has 0 bridgehead atoms. The number of nitrogens with zero attached hydrogens (tertiary/aromatic N) is 2. The molecule has 4 atom stereocenters. The number of aliphatic imine (C=N–C) groups is 1. The minimum atomic E-state index is 0.457. The van der Waals surface area contributed by atoms with E-state index in [9.17, 15) is 0 Å². The van der Waals surface area contributed by atoms with Crippen LogP contribution in [0.1, 0.15) is 67.2 Å². The van der Waals surface area contributed by atoms with Gasteiger partial charge >= 0.3 is 0 Å². The summed E-state index contributed by atoms with van der Waals surface area (Å²) in [6.45, 7) is 4.38. The van der Waals surface area contributed by atoms with Crippen molar-refractivity contribution in [3.05, 3.63) is 70.8 Å². The van der Waals surface area contributed by atoms with Gasteiger partial charge in [0.1, 0.15) is 0 Å². The number of piperidine rings is 1. The average Bonchev–Trinajstić information content (AvgIpc) is 2.76. The molecule has 0 aromatic heterocycles. The van der Waals surface area contributed by atoms with Gasteiger partial charge in [0, 0.05) is 18.1 Å². The fourth-order valence-electron chi connectivity index (χ4n) is 6.04. The Hall–Kier alpha value is -2.29. The van der Waals surface area contributed by atoms with Crippen LogP contribution >= 0.6 is 0 Å². The zero-order valence-electron chi connectivity index (χ0n) is 19.2. The molecule has 3 aliphatic heterocycles. The first-order chi connectivity index (χ1) is 15.1. The van der Waals surface area contributed by atoms with Gasteiger partial charge in [0.15, 0.2) is 5.96 Å². The number of guanidine groups is 1. The van der Waals surface area contributed by atoms with Gasteiger partial charge in [-0.1, -0.05) is 59.7 Å². The lowest BCUT2D eigenvalue weighted by Crippen LogP contribution is -2.64. The summed E-state index contributed by atoms with van der Waals surface area (Å²) in [7, 11) is 0. The maximum absolute atomic E-state index is 5.27. The minimum absolute atomic E-state index is 0.457. The number of nitrogens with one attached hydrogen (secondary N) is 1. The first-order valence-electron chi connectivity index (χ1n) is 12.4. The van der Waals surface area contributed by atoms with Crippen LogP contribution in [0.15, 0.2) is 53.5 Å². The molecule has 0 saturated carbocycles. The molecule has 0 aliphatic carbocycles. The number of hydrogen-bond acceptors (Lipinski definition) is 3. The van der Waals surface area contributed by atoms with E-state index in [0.717, 1.165) is 19.3 Å². The van der Waals surface area contributed by atoms with Crippen molar-refractivity contribution >= 4 is 5.96 Å². The lowest BCUT2D eigenvalue weighted by molar-refractivity contribution is 0.0987. The van der Waals surface area contributed by atoms with Gasteiger partial charge in [0.05, 0.1) is 6.04 Å². The van der Waals surface area contributed by atoms with Crippen LogP contribution in [-0.4, -0.2) is 35.0 Å². The maximum Gasteiger partial charge on any atom is 0.194 e. The van der Waals surface area contributed by atoms with Crippen LogP contribution in [0.3, 0.4) is 0 Å². The Morgan fingerprint density at radius 2 is 1.52 bits per heavy atom. The lowest BCUT2D eigenvalue weighted by atomic mass is 9.84. The summed E-state index contributed by atoms with van der Waals surface area (Å²) >= 11 is 0. The van der Waals surface area contributed by atoms with E-state index >= 15 is 0 Å². The van der Waals surface area contributed by atoms with Crippen molar-refractivity contribution in [2.24, 2.45) is 4.99 Å². The van der Waals surface area contributed by atoms with Gasteiger partial charge < -0.3 is 10.2 Å². The number of hydrogen-bond donors (Lipinski definition) is 1. The van der Waals surface area contributed by atoms with Gasteiger partial charge in [-0.2, -0.15) is 0 Å². The van der Waals surface area contributed by atoms with Crippen LogP contribution < -0.4 is 5.32 Å². The highest BCUT2D eigenvalue weighted by atomic mass is 15.4. The second-order valence-corrected chi connectivity index (χ2v) is 10.1. The maximum atomic E-state index is 5.27. The molecule has 0 spiro atoms. The highest BCUT2D eigenvalue weighted by molar-refractivity contribution is 5.82. The predicted octanol–water partition coefficient (Wildman–Crippen LogP) is 5.58. The molecule has 2 saturated heterocycles. The highest BCUT2D eigenvalue weighted by Gasteiger charge is 2.41. The van der Waals surface area contributed by atoms with Gasteiger partial charge in [-0.25, -0.2) is 4.99 Å². The van der Waals surface area contributed by atoms with E-state index in [1.165, 1.54) is 66.7 Å². The molecule has 1 N–H and O–H groups in total. The summed E-state index contributed by atoms with van der Waals surface area (Å²) in [6, 6.07) is 20.4. The van der Waals surface area contributed by atoms with E-state index < -0.39 is 0 Å². The van der Waals surface area contributed by atoms with E-state index in [4.69, 9.17) is 4.99 Å². The Morgan fingerprint density at radius 3 is 2.19 bits per heavy atom. The molecule has 2 aromatic rings. The molecular weight excluding hydrogens is 378 g/mol. The summed E-state index contributed by atoms with van der Waals surface area (Å²) in [4.78, 5) is 7.95. The third kappa shape index (κ3) is 4.81. The quantitative estimate of drug-likeness (QED) is 0.667. The fourth-order valence-corrected chi connectivity index (χ4v) is 6.04. The zero-order chi connectivity index (χ0) is 21.2. The van der Waals surface area contributed by atoms with E-state index in [0.29, 0.717) is 24.2 Å². The molecule has 3 nitrogen and oxygen atoms in total. The van der Waals surface area contributed by atoms with Crippen LogP contribution in [0, 0.1) is 13.8 Å². The van der Waals surface area contributed by atoms with E-state index in [-0.39, 0.29) is 0 Å². The first-order valence-corrected chi connectivity index (χ1v) is 12.4. The molecule has 164 valence electrons. The van der Waals surface area contributed by atoms with Crippen LogP contribution in [0.25, 0.3) is 0 Å². The van der Waals surface area contributed by atoms with Crippen LogP contribution in [0.4, 0.5) is 0 Å². The van der Waals surface area contributed by atoms with Crippen molar-refractivity contribution in [2.75, 3.05) is 0 Å². The van der Waals surface area contributed by atoms with Crippen molar-refractivity contribution in [3.8, 4) is 0 Å². The monoisotopic (exact) mass is 415 g/mol. The van der Waals surface area contributed by atoms with E-state index in [2.05, 4.69) is 72.6 Å². The molecule has 3 aliphatic rings. The standard InChI is InChI=1S/C28H37N3/c1-20-6-3-8-22(16-20)12-14-24-18-26-10-5-11-27-19-25(30-28(29-24)31(26)27)15-13-23-9-4-7-21(2)17-23/h3-4,6-9,16-17,24-27H,5,10-15,18-19H2,1-2H3,(H,29,30)/t24-,25+,26+,27-. The largest absolute Gasteiger partial charge is 0.353 e. The molecule has 3 heterocycles. The molecule has 0 amide bonds. The molecule has 2 fully saturated rings. The van der Waals surface area contributed by atoms with Crippen molar-refractivity contribution in [2.45, 2.75) is 95.8 Å². The van der Waals surface area contributed by atoms with Gasteiger partial charge in [0.2, 0.25) is 0 Å². The van der Waals surface area contributed by atoms with Crippen molar-refractivity contribution in [1.29, 1.82) is 0 Å². The normalized spacial score (nSPS) is 27.3. The van der Waals surface area contributed by atoms with Crippen LogP contribution in [0.5, 0.6) is 0 Å². The molecule has 0 radical (unpaired) electrons. The Kier molecular flexibility index (Phi) is 6.02. The number of rotatable bonds is 6. The summed E-state index contributed by atoms with van der Waals surface area (Å²) in [5.41, 5.74) is 5.65. The van der Waals surface area contributed by atoms with Gasteiger partial charge in [-0.3, -0.25) is 0 Å². The summed E-state index contributed by atoms with van der Waals surface area (Å²) < 4.78 is 0. The average molecular weight is 416 g/mol. The van der Waals surface area contributed by atoms with Gasteiger partial charge in [0.25, 0.3) is 0 Å². The van der Waals surface area contributed by atoms with E-state index in [1.54, 1.807) is 0 Å². The molecule has 31 heavy (non-hydrogen) atoms.